The number of nitrogens with two attached hydrogens (primary N) is 1. The van der Waals surface area contributed by atoms with Crippen molar-refractivity contribution < 1.29 is 14.0 Å². The van der Waals surface area contributed by atoms with Gasteiger partial charge in [0, 0.05) is 5.56 Å². The number of para-hydroxylation sites is 1. The first kappa shape index (κ1) is 15.2. The van der Waals surface area contributed by atoms with Gasteiger partial charge in [-0.15, -0.1) is 0 Å². The van der Waals surface area contributed by atoms with Crippen molar-refractivity contribution in [2.75, 3.05) is 4.90 Å². The molecule has 0 bridgehead atoms. The number of fused-ring (bicyclic) bond motifs is 1. The summed E-state index contributed by atoms with van der Waals surface area (Å²) in [5.74, 6) is -0.684. The van der Waals surface area contributed by atoms with Gasteiger partial charge in [-0.25, -0.2) is 0 Å². The number of anilines is 2. The number of hydrogen-bond acceptors (Lipinski definition) is 3. The molecule has 1 aromatic heterocycles. The van der Waals surface area contributed by atoms with Crippen LogP contribution in [0.4, 0.5) is 11.4 Å². The minimum Gasteiger partial charge on any atom is -0.468 e. The highest BCUT2D eigenvalue weighted by Crippen LogP contribution is 2.46. The molecule has 25 heavy (non-hydrogen) atoms. The van der Waals surface area contributed by atoms with Gasteiger partial charge in [-0.05, 0) is 54.4 Å². The summed E-state index contributed by atoms with van der Waals surface area (Å²) in [7, 11) is 0. The lowest BCUT2D eigenvalue weighted by atomic mass is 9.96. The van der Waals surface area contributed by atoms with Gasteiger partial charge in [-0.3, -0.25) is 14.5 Å². The van der Waals surface area contributed by atoms with Crippen LogP contribution >= 0.6 is 0 Å². The van der Waals surface area contributed by atoms with E-state index in [2.05, 4.69) is 0 Å². The Bertz CT molecular complexity index is 976. The zero-order valence-electron chi connectivity index (χ0n) is 13.6. The number of primary amides is 1. The van der Waals surface area contributed by atoms with Gasteiger partial charge in [0.05, 0.1) is 17.6 Å². The van der Waals surface area contributed by atoms with Crippen molar-refractivity contribution in [2.45, 2.75) is 12.8 Å². The smallest absolute Gasteiger partial charge is 0.248 e. The first-order valence-corrected chi connectivity index (χ1v) is 7.94. The largest absolute Gasteiger partial charge is 0.468 e. The Labute approximate surface area is 144 Å². The second-order valence-corrected chi connectivity index (χ2v) is 6.05. The zero-order valence-corrected chi connectivity index (χ0v) is 13.6. The second kappa shape index (κ2) is 5.63. The Kier molecular flexibility index (Phi) is 3.42. The highest BCUT2D eigenvalue weighted by atomic mass is 16.3. The molecular weight excluding hydrogens is 316 g/mol. The van der Waals surface area contributed by atoms with Crippen LogP contribution in [0, 0.1) is 6.92 Å². The van der Waals surface area contributed by atoms with Crippen molar-refractivity contribution in [3.8, 4) is 0 Å². The van der Waals surface area contributed by atoms with E-state index in [0.717, 1.165) is 22.5 Å². The molecular formula is C20H16N2O3. The van der Waals surface area contributed by atoms with Crippen LogP contribution in [0.3, 0.4) is 0 Å². The minimum atomic E-state index is -0.594. The molecule has 1 aliphatic heterocycles. The van der Waals surface area contributed by atoms with Crippen LogP contribution in [-0.2, 0) is 4.79 Å². The van der Waals surface area contributed by atoms with Crippen LogP contribution in [0.25, 0.3) is 0 Å². The van der Waals surface area contributed by atoms with Crippen molar-refractivity contribution in [2.24, 2.45) is 5.73 Å². The maximum absolute atomic E-state index is 13.2. The van der Waals surface area contributed by atoms with Crippen LogP contribution in [-0.4, -0.2) is 11.8 Å². The molecule has 0 aliphatic carbocycles. The Morgan fingerprint density at radius 2 is 1.88 bits per heavy atom. The summed E-state index contributed by atoms with van der Waals surface area (Å²) in [6.07, 6.45) is 1.54. The topological polar surface area (TPSA) is 76.5 Å². The van der Waals surface area contributed by atoms with Gasteiger partial charge in [0.25, 0.3) is 0 Å². The number of benzene rings is 2. The lowest BCUT2D eigenvalue weighted by Crippen LogP contribution is -2.24. The first-order chi connectivity index (χ1) is 12.1. The maximum atomic E-state index is 13.2. The van der Waals surface area contributed by atoms with Crippen molar-refractivity contribution in [3.05, 3.63) is 83.3 Å². The Morgan fingerprint density at radius 3 is 2.56 bits per heavy atom. The summed E-state index contributed by atoms with van der Waals surface area (Å²) in [6.45, 7) is 1.96. The summed E-state index contributed by atoms with van der Waals surface area (Å²) >= 11 is 0. The summed E-state index contributed by atoms with van der Waals surface area (Å²) in [5.41, 5.74) is 9.05. The van der Waals surface area contributed by atoms with Gasteiger partial charge in [0.1, 0.15) is 11.7 Å². The number of hydrogen-bond donors (Lipinski definition) is 1. The van der Waals surface area contributed by atoms with Gasteiger partial charge >= 0.3 is 0 Å². The third-order valence-corrected chi connectivity index (χ3v) is 4.52. The molecule has 5 heteroatoms. The molecule has 3 aromatic rings. The molecule has 2 aromatic carbocycles. The lowest BCUT2D eigenvalue weighted by Gasteiger charge is -2.20. The van der Waals surface area contributed by atoms with Crippen LogP contribution in [0.5, 0.6) is 0 Å². The monoisotopic (exact) mass is 332 g/mol. The number of amides is 2. The molecule has 2 N–H and O–H groups in total. The van der Waals surface area contributed by atoms with Crippen LogP contribution in [0.15, 0.2) is 65.3 Å². The minimum absolute atomic E-state index is 0.110. The highest BCUT2D eigenvalue weighted by Gasteiger charge is 2.41. The summed E-state index contributed by atoms with van der Waals surface area (Å²) in [4.78, 5) is 26.5. The number of carbonyl (C=O) groups excluding carboxylic acids is 2. The van der Waals surface area contributed by atoms with Gasteiger partial charge in [-0.1, -0.05) is 18.2 Å². The maximum Gasteiger partial charge on any atom is 0.248 e. The van der Waals surface area contributed by atoms with E-state index < -0.39 is 11.8 Å². The number of aryl methyl sites for hydroxylation is 1. The fraction of sp³-hybridized carbons (Fsp3) is 0.100. The molecule has 0 fully saturated rings. The predicted molar refractivity (Wildman–Crippen MR) is 93.8 cm³/mol. The molecule has 5 nitrogen and oxygen atoms in total. The predicted octanol–water partition coefficient (Wildman–Crippen LogP) is 3.50. The number of nitrogens with zero attached hydrogens (tertiary/aromatic N) is 1. The molecule has 1 aliphatic rings. The fourth-order valence-electron chi connectivity index (χ4n) is 3.32. The molecule has 0 radical (unpaired) electrons. The molecule has 0 spiro atoms. The highest BCUT2D eigenvalue weighted by molar-refractivity contribution is 6.12. The third kappa shape index (κ3) is 2.32. The van der Waals surface area contributed by atoms with E-state index in [1.165, 1.54) is 6.26 Å². The van der Waals surface area contributed by atoms with E-state index in [4.69, 9.17) is 10.2 Å². The van der Waals surface area contributed by atoms with Crippen LogP contribution < -0.4 is 10.6 Å². The molecule has 1 unspecified atom stereocenters. The van der Waals surface area contributed by atoms with E-state index >= 15 is 0 Å². The second-order valence-electron chi connectivity index (χ2n) is 6.05. The quantitative estimate of drug-likeness (QED) is 0.797. The van der Waals surface area contributed by atoms with E-state index in [-0.39, 0.29) is 5.91 Å². The average Bonchev–Trinajstić information content (AvgIpc) is 3.20. The number of furan rings is 1. The Hall–Kier alpha value is -3.34. The van der Waals surface area contributed by atoms with E-state index in [1.54, 1.807) is 35.2 Å². The normalized spacial score (nSPS) is 16.1. The summed E-state index contributed by atoms with van der Waals surface area (Å²) in [5, 5.41) is 0. The van der Waals surface area contributed by atoms with E-state index in [9.17, 15) is 9.59 Å². The molecule has 2 heterocycles. The number of carbonyl (C=O) groups is 2. The summed E-state index contributed by atoms with van der Waals surface area (Å²) < 4.78 is 5.50. The van der Waals surface area contributed by atoms with Gasteiger partial charge in [0.2, 0.25) is 11.8 Å². The fourth-order valence-corrected chi connectivity index (χ4v) is 3.32. The van der Waals surface area contributed by atoms with Crippen LogP contribution in [0.2, 0.25) is 0 Å². The van der Waals surface area contributed by atoms with Gasteiger partial charge in [0.15, 0.2) is 0 Å². The molecule has 4 rings (SSSR count). The van der Waals surface area contributed by atoms with Crippen molar-refractivity contribution in [1.82, 2.24) is 0 Å². The molecule has 1 atom stereocenters. The van der Waals surface area contributed by atoms with Gasteiger partial charge < -0.3 is 10.2 Å². The molecule has 0 saturated heterocycles. The van der Waals surface area contributed by atoms with Crippen molar-refractivity contribution in [1.29, 1.82) is 0 Å². The SMILES string of the molecule is Cc1ccccc1N1C(=O)C(c2ccco2)c2cc(C(N)=O)ccc21. The lowest BCUT2D eigenvalue weighted by molar-refractivity contribution is -0.118. The average molecular weight is 332 g/mol. The third-order valence-electron chi connectivity index (χ3n) is 4.52. The zero-order chi connectivity index (χ0) is 17.6. The van der Waals surface area contributed by atoms with E-state index in [1.807, 2.05) is 31.2 Å². The molecule has 2 amide bonds. The standard InChI is InChI=1S/C20H16N2O3/c1-12-5-2-3-6-15(12)22-16-9-8-13(19(21)23)11-14(16)18(20(22)24)17-7-4-10-25-17/h2-11,18H,1H3,(H2,21,23). The number of rotatable bonds is 3. The van der Waals surface area contributed by atoms with Crippen molar-refractivity contribution in [3.63, 3.8) is 0 Å². The van der Waals surface area contributed by atoms with Crippen LogP contribution in [0.1, 0.15) is 33.2 Å². The Balaban J connectivity index is 1.94. The first-order valence-electron chi connectivity index (χ1n) is 7.94. The van der Waals surface area contributed by atoms with E-state index in [0.29, 0.717) is 11.3 Å². The Morgan fingerprint density at radius 1 is 1.08 bits per heavy atom. The summed E-state index contributed by atoms with van der Waals surface area (Å²) in [6, 6.07) is 16.3. The molecule has 0 saturated carbocycles. The molecule has 124 valence electrons. The van der Waals surface area contributed by atoms with Gasteiger partial charge in [-0.2, -0.15) is 0 Å². The van der Waals surface area contributed by atoms with Crippen molar-refractivity contribution >= 4 is 23.2 Å².